The van der Waals surface area contributed by atoms with Gasteiger partial charge < -0.3 is 5.73 Å². The van der Waals surface area contributed by atoms with Gasteiger partial charge in [0.2, 0.25) is 0 Å². The van der Waals surface area contributed by atoms with Gasteiger partial charge in [0.15, 0.2) is 5.82 Å². The van der Waals surface area contributed by atoms with Crippen molar-refractivity contribution in [3.8, 4) is 11.4 Å². The van der Waals surface area contributed by atoms with Crippen molar-refractivity contribution < 1.29 is 4.39 Å². The highest BCUT2D eigenvalue weighted by molar-refractivity contribution is 5.58. The number of hydrogen-bond acceptors (Lipinski definition) is 3. The standard InChI is InChI=1S/C13H14FN3/c1-3-10-7-12(15)17-13(16-10)9-4-5-11(14)8(2)6-9/h4-7H,3H2,1-2H3,(H2,15,16,17). The van der Waals surface area contributed by atoms with Gasteiger partial charge in [-0.3, -0.25) is 0 Å². The Kier molecular flexibility index (Phi) is 3.04. The topological polar surface area (TPSA) is 51.8 Å². The molecule has 0 saturated heterocycles. The zero-order chi connectivity index (χ0) is 12.4. The summed E-state index contributed by atoms with van der Waals surface area (Å²) in [6, 6.07) is 6.56. The lowest BCUT2D eigenvalue weighted by Gasteiger charge is -2.05. The van der Waals surface area contributed by atoms with E-state index >= 15 is 0 Å². The van der Waals surface area contributed by atoms with Gasteiger partial charge in [-0.25, -0.2) is 14.4 Å². The number of halogens is 1. The molecule has 0 saturated carbocycles. The first-order valence-electron chi connectivity index (χ1n) is 5.50. The molecule has 0 spiro atoms. The molecule has 0 unspecified atom stereocenters. The van der Waals surface area contributed by atoms with E-state index < -0.39 is 0 Å². The first-order chi connectivity index (χ1) is 8.10. The van der Waals surface area contributed by atoms with Gasteiger partial charge >= 0.3 is 0 Å². The lowest BCUT2D eigenvalue weighted by atomic mass is 10.1. The minimum Gasteiger partial charge on any atom is -0.384 e. The average Bonchev–Trinajstić information content (AvgIpc) is 2.32. The van der Waals surface area contributed by atoms with Crippen molar-refractivity contribution in [3.63, 3.8) is 0 Å². The molecule has 1 aromatic heterocycles. The average molecular weight is 231 g/mol. The van der Waals surface area contributed by atoms with E-state index in [9.17, 15) is 4.39 Å². The Morgan fingerprint density at radius 2 is 2.00 bits per heavy atom. The molecule has 0 radical (unpaired) electrons. The van der Waals surface area contributed by atoms with Crippen molar-refractivity contribution in [1.82, 2.24) is 9.97 Å². The predicted octanol–water partition coefficient (Wildman–Crippen LogP) is 2.74. The molecule has 2 rings (SSSR count). The van der Waals surface area contributed by atoms with Gasteiger partial charge in [-0.05, 0) is 37.1 Å². The molecule has 0 fully saturated rings. The third kappa shape index (κ3) is 2.41. The van der Waals surface area contributed by atoms with E-state index in [4.69, 9.17) is 5.73 Å². The normalized spacial score (nSPS) is 10.5. The number of nitrogen functional groups attached to an aromatic ring is 1. The van der Waals surface area contributed by atoms with E-state index in [0.717, 1.165) is 17.7 Å². The van der Waals surface area contributed by atoms with Crippen LogP contribution in [0.1, 0.15) is 18.2 Å². The van der Waals surface area contributed by atoms with Gasteiger partial charge in [0, 0.05) is 17.3 Å². The van der Waals surface area contributed by atoms with Crippen LogP contribution in [-0.2, 0) is 6.42 Å². The van der Waals surface area contributed by atoms with Crippen molar-refractivity contribution in [2.45, 2.75) is 20.3 Å². The summed E-state index contributed by atoms with van der Waals surface area (Å²) in [7, 11) is 0. The molecule has 4 heteroatoms. The fourth-order valence-electron chi connectivity index (χ4n) is 1.61. The number of nitrogens with two attached hydrogens (primary N) is 1. The predicted molar refractivity (Wildman–Crippen MR) is 66.0 cm³/mol. The van der Waals surface area contributed by atoms with Gasteiger partial charge in [-0.1, -0.05) is 6.92 Å². The fourth-order valence-corrected chi connectivity index (χ4v) is 1.61. The summed E-state index contributed by atoms with van der Waals surface area (Å²) in [6.07, 6.45) is 0.792. The number of aryl methyl sites for hydroxylation is 2. The van der Waals surface area contributed by atoms with Crippen LogP contribution in [0.5, 0.6) is 0 Å². The second-order valence-electron chi connectivity index (χ2n) is 3.93. The van der Waals surface area contributed by atoms with Gasteiger partial charge in [-0.15, -0.1) is 0 Å². The van der Waals surface area contributed by atoms with Crippen LogP contribution in [0, 0.1) is 12.7 Å². The SMILES string of the molecule is CCc1cc(N)nc(-c2ccc(F)c(C)c2)n1. The third-order valence-electron chi connectivity index (χ3n) is 2.58. The lowest BCUT2D eigenvalue weighted by molar-refractivity contribution is 0.618. The van der Waals surface area contributed by atoms with Gasteiger partial charge in [0.05, 0.1) is 0 Å². The highest BCUT2D eigenvalue weighted by atomic mass is 19.1. The quantitative estimate of drug-likeness (QED) is 0.864. The van der Waals surface area contributed by atoms with Crippen LogP contribution in [0.2, 0.25) is 0 Å². The van der Waals surface area contributed by atoms with Crippen LogP contribution in [-0.4, -0.2) is 9.97 Å². The maximum atomic E-state index is 13.2. The molecule has 2 N–H and O–H groups in total. The second-order valence-corrected chi connectivity index (χ2v) is 3.93. The van der Waals surface area contributed by atoms with E-state index in [0.29, 0.717) is 17.2 Å². The summed E-state index contributed by atoms with van der Waals surface area (Å²) in [5, 5.41) is 0. The Morgan fingerprint density at radius 3 is 2.65 bits per heavy atom. The van der Waals surface area contributed by atoms with Crippen molar-refractivity contribution >= 4 is 5.82 Å². The first-order valence-corrected chi connectivity index (χ1v) is 5.50. The van der Waals surface area contributed by atoms with Crippen molar-refractivity contribution in [1.29, 1.82) is 0 Å². The van der Waals surface area contributed by atoms with Gasteiger partial charge in [-0.2, -0.15) is 0 Å². The molecule has 17 heavy (non-hydrogen) atoms. The summed E-state index contributed by atoms with van der Waals surface area (Å²) in [5.74, 6) is 0.757. The summed E-state index contributed by atoms with van der Waals surface area (Å²) < 4.78 is 13.2. The molecule has 1 aromatic carbocycles. The number of hydrogen-bond donors (Lipinski definition) is 1. The zero-order valence-corrected chi connectivity index (χ0v) is 9.87. The third-order valence-corrected chi connectivity index (χ3v) is 2.58. The Hall–Kier alpha value is -1.97. The Morgan fingerprint density at radius 1 is 1.24 bits per heavy atom. The number of aromatic nitrogens is 2. The summed E-state index contributed by atoms with van der Waals surface area (Å²) in [4.78, 5) is 8.55. The number of anilines is 1. The van der Waals surface area contributed by atoms with Crippen LogP contribution in [0.15, 0.2) is 24.3 Å². The Balaban J connectivity index is 2.52. The largest absolute Gasteiger partial charge is 0.384 e. The second kappa shape index (κ2) is 4.49. The summed E-state index contributed by atoms with van der Waals surface area (Å²) >= 11 is 0. The van der Waals surface area contributed by atoms with Crippen molar-refractivity contribution in [2.24, 2.45) is 0 Å². The molecule has 0 aliphatic rings. The van der Waals surface area contributed by atoms with E-state index in [-0.39, 0.29) is 5.82 Å². The minimum atomic E-state index is -0.228. The Labute approximate surface area is 99.5 Å². The van der Waals surface area contributed by atoms with Crippen molar-refractivity contribution in [2.75, 3.05) is 5.73 Å². The van der Waals surface area contributed by atoms with Crippen LogP contribution in [0.3, 0.4) is 0 Å². The van der Waals surface area contributed by atoms with Crippen molar-refractivity contribution in [3.05, 3.63) is 41.3 Å². The fraction of sp³-hybridized carbons (Fsp3) is 0.231. The lowest BCUT2D eigenvalue weighted by Crippen LogP contribution is -2.00. The molecule has 0 aliphatic carbocycles. The van der Waals surface area contributed by atoms with E-state index in [1.807, 2.05) is 6.92 Å². The molecule has 0 atom stereocenters. The van der Waals surface area contributed by atoms with Crippen LogP contribution < -0.4 is 5.73 Å². The molecule has 88 valence electrons. The maximum Gasteiger partial charge on any atom is 0.161 e. The first kappa shape index (κ1) is 11.5. The molecule has 0 aliphatic heterocycles. The zero-order valence-electron chi connectivity index (χ0n) is 9.87. The number of rotatable bonds is 2. The molecular weight excluding hydrogens is 217 g/mol. The summed E-state index contributed by atoms with van der Waals surface area (Å²) in [6.45, 7) is 3.72. The van der Waals surface area contributed by atoms with E-state index in [1.54, 1.807) is 25.1 Å². The molecule has 2 aromatic rings. The highest BCUT2D eigenvalue weighted by Crippen LogP contribution is 2.20. The van der Waals surface area contributed by atoms with Crippen LogP contribution in [0.25, 0.3) is 11.4 Å². The minimum absolute atomic E-state index is 0.228. The van der Waals surface area contributed by atoms with Gasteiger partial charge in [0.1, 0.15) is 11.6 Å². The van der Waals surface area contributed by atoms with Gasteiger partial charge in [0.25, 0.3) is 0 Å². The van der Waals surface area contributed by atoms with E-state index in [2.05, 4.69) is 9.97 Å². The number of benzene rings is 1. The van der Waals surface area contributed by atoms with Crippen LogP contribution >= 0.6 is 0 Å². The Bertz CT molecular complexity index is 552. The highest BCUT2D eigenvalue weighted by Gasteiger charge is 2.06. The molecule has 0 amide bonds. The molecule has 0 bridgehead atoms. The smallest absolute Gasteiger partial charge is 0.161 e. The van der Waals surface area contributed by atoms with E-state index in [1.165, 1.54) is 6.07 Å². The number of nitrogens with zero attached hydrogens (tertiary/aromatic N) is 2. The molecular formula is C13H14FN3. The summed E-state index contributed by atoms with van der Waals surface area (Å²) in [5.41, 5.74) is 7.96. The molecule has 1 heterocycles. The van der Waals surface area contributed by atoms with Crippen LogP contribution in [0.4, 0.5) is 10.2 Å². The molecule has 3 nitrogen and oxygen atoms in total. The maximum absolute atomic E-state index is 13.2. The monoisotopic (exact) mass is 231 g/mol.